The summed E-state index contributed by atoms with van der Waals surface area (Å²) in [5.74, 6) is -0.112. The summed E-state index contributed by atoms with van der Waals surface area (Å²) in [5, 5.41) is 20.6. The average molecular weight is 379 g/mol. The number of nitrogens with zero attached hydrogens (tertiary/aromatic N) is 3. The van der Waals surface area contributed by atoms with E-state index in [0.29, 0.717) is 28.5 Å². The van der Waals surface area contributed by atoms with E-state index in [4.69, 9.17) is 0 Å². The van der Waals surface area contributed by atoms with E-state index in [1.165, 1.54) is 23.7 Å². The Labute approximate surface area is 160 Å². The Morgan fingerprint density at radius 3 is 2.25 bits per heavy atom. The van der Waals surface area contributed by atoms with E-state index in [2.05, 4.69) is 15.7 Å². The number of anilines is 2. The summed E-state index contributed by atoms with van der Waals surface area (Å²) in [6.45, 7) is 3.18. The number of aryl methyl sites for hydroxylation is 1. The number of hydrogen-bond donors (Lipinski definition) is 2. The number of aromatic nitrogens is 2. The van der Waals surface area contributed by atoms with Crippen LogP contribution in [0.4, 0.5) is 17.2 Å². The number of rotatable bonds is 5. The van der Waals surface area contributed by atoms with Crippen molar-refractivity contribution in [2.75, 3.05) is 10.6 Å². The molecule has 3 aromatic rings. The van der Waals surface area contributed by atoms with Gasteiger partial charge in [-0.2, -0.15) is 5.10 Å². The Morgan fingerprint density at radius 1 is 1.04 bits per heavy atom. The van der Waals surface area contributed by atoms with Crippen molar-refractivity contribution in [2.45, 2.75) is 13.8 Å². The average Bonchev–Trinajstić information content (AvgIpc) is 3.02. The molecule has 0 aliphatic rings. The first kappa shape index (κ1) is 18.8. The Bertz CT molecular complexity index is 1040. The van der Waals surface area contributed by atoms with E-state index in [1.54, 1.807) is 49.4 Å². The fraction of sp³-hybridized carbons (Fsp3) is 0.105. The van der Waals surface area contributed by atoms with Crippen LogP contribution in [0.25, 0.3) is 5.69 Å². The van der Waals surface area contributed by atoms with Gasteiger partial charge in [-0.05, 0) is 43.3 Å². The highest BCUT2D eigenvalue weighted by atomic mass is 16.6. The molecule has 28 heavy (non-hydrogen) atoms. The first-order valence-corrected chi connectivity index (χ1v) is 8.34. The molecule has 2 amide bonds. The summed E-state index contributed by atoms with van der Waals surface area (Å²) in [5.41, 5.74) is 2.22. The number of nitrogens with one attached hydrogen (secondary N) is 2. The number of benzene rings is 2. The molecule has 142 valence electrons. The molecule has 0 atom stereocenters. The lowest BCUT2D eigenvalue weighted by Crippen LogP contribution is -2.15. The van der Waals surface area contributed by atoms with Crippen molar-refractivity contribution in [3.05, 3.63) is 76.0 Å². The number of amides is 2. The number of carbonyl (C=O) groups is 2. The molecule has 0 unspecified atom stereocenters. The summed E-state index contributed by atoms with van der Waals surface area (Å²) >= 11 is 0. The van der Waals surface area contributed by atoms with Crippen molar-refractivity contribution >= 4 is 29.0 Å². The van der Waals surface area contributed by atoms with Gasteiger partial charge in [-0.3, -0.25) is 19.7 Å². The van der Waals surface area contributed by atoms with Crippen LogP contribution in [0.3, 0.4) is 0 Å². The molecule has 0 fully saturated rings. The van der Waals surface area contributed by atoms with Crippen molar-refractivity contribution in [2.24, 2.45) is 0 Å². The predicted octanol–water partition coefficient (Wildman–Crippen LogP) is 3.30. The van der Waals surface area contributed by atoms with Crippen LogP contribution in [0, 0.1) is 17.0 Å². The quantitative estimate of drug-likeness (QED) is 0.521. The third-order valence-electron chi connectivity index (χ3n) is 3.85. The molecule has 0 aliphatic carbocycles. The van der Waals surface area contributed by atoms with E-state index >= 15 is 0 Å². The van der Waals surface area contributed by atoms with Crippen LogP contribution < -0.4 is 10.6 Å². The standard InChI is InChI=1S/C19H17N5O4/c1-12-11-18(23(22-12)16-7-9-17(10-8-16)24(27)28)21-19(26)14-3-5-15(6-4-14)20-13(2)25/h3-11H,1-2H3,(H,20,25)(H,21,26). The molecular weight excluding hydrogens is 362 g/mol. The van der Waals surface area contributed by atoms with Crippen molar-refractivity contribution in [1.82, 2.24) is 9.78 Å². The minimum Gasteiger partial charge on any atom is -0.326 e. The molecular formula is C19H17N5O4. The molecule has 2 N–H and O–H groups in total. The normalized spacial score (nSPS) is 10.4. The third-order valence-corrected chi connectivity index (χ3v) is 3.85. The van der Waals surface area contributed by atoms with Gasteiger partial charge in [0.2, 0.25) is 5.91 Å². The molecule has 0 spiro atoms. The van der Waals surface area contributed by atoms with Crippen LogP contribution in [0.2, 0.25) is 0 Å². The molecule has 0 bridgehead atoms. The SMILES string of the molecule is CC(=O)Nc1ccc(C(=O)Nc2cc(C)nn2-c2ccc([N+](=O)[O-])cc2)cc1. The van der Waals surface area contributed by atoms with Crippen LogP contribution in [0.5, 0.6) is 0 Å². The largest absolute Gasteiger partial charge is 0.326 e. The Kier molecular flexibility index (Phi) is 5.16. The molecule has 0 saturated heterocycles. The van der Waals surface area contributed by atoms with Crippen molar-refractivity contribution in [3.63, 3.8) is 0 Å². The van der Waals surface area contributed by atoms with Crippen molar-refractivity contribution in [1.29, 1.82) is 0 Å². The second-order valence-electron chi connectivity index (χ2n) is 6.07. The second-order valence-corrected chi connectivity index (χ2v) is 6.07. The zero-order valence-corrected chi connectivity index (χ0v) is 15.2. The summed E-state index contributed by atoms with van der Waals surface area (Å²) in [6, 6.07) is 14.0. The Hall–Kier alpha value is -4.01. The highest BCUT2D eigenvalue weighted by Gasteiger charge is 2.14. The lowest BCUT2D eigenvalue weighted by Gasteiger charge is -2.09. The van der Waals surface area contributed by atoms with E-state index in [-0.39, 0.29) is 17.5 Å². The maximum Gasteiger partial charge on any atom is 0.269 e. The summed E-state index contributed by atoms with van der Waals surface area (Å²) < 4.78 is 1.50. The van der Waals surface area contributed by atoms with Gasteiger partial charge < -0.3 is 10.6 Å². The number of hydrogen-bond acceptors (Lipinski definition) is 5. The second kappa shape index (κ2) is 7.70. The predicted molar refractivity (Wildman–Crippen MR) is 104 cm³/mol. The Balaban J connectivity index is 1.82. The van der Waals surface area contributed by atoms with Crippen LogP contribution in [-0.4, -0.2) is 26.5 Å². The lowest BCUT2D eigenvalue weighted by molar-refractivity contribution is -0.384. The number of nitro benzene ring substituents is 1. The van der Waals surface area contributed by atoms with Gasteiger partial charge in [-0.1, -0.05) is 0 Å². The summed E-state index contributed by atoms with van der Waals surface area (Å²) in [6.07, 6.45) is 0. The van der Waals surface area contributed by atoms with Gasteiger partial charge in [0.05, 0.1) is 16.3 Å². The van der Waals surface area contributed by atoms with Crippen LogP contribution in [-0.2, 0) is 4.79 Å². The summed E-state index contributed by atoms with van der Waals surface area (Å²) in [4.78, 5) is 34.0. The summed E-state index contributed by atoms with van der Waals surface area (Å²) in [7, 11) is 0. The molecule has 1 aromatic heterocycles. The van der Waals surface area contributed by atoms with Crippen molar-refractivity contribution < 1.29 is 14.5 Å². The maximum atomic E-state index is 12.6. The van der Waals surface area contributed by atoms with E-state index in [0.717, 1.165) is 0 Å². The number of non-ortho nitro benzene ring substituents is 1. The fourth-order valence-corrected chi connectivity index (χ4v) is 2.60. The smallest absolute Gasteiger partial charge is 0.269 e. The molecule has 9 heteroatoms. The van der Waals surface area contributed by atoms with Gasteiger partial charge in [-0.25, -0.2) is 4.68 Å². The van der Waals surface area contributed by atoms with E-state index in [1.807, 2.05) is 0 Å². The minimum atomic E-state index is -0.481. The van der Waals surface area contributed by atoms with Crippen molar-refractivity contribution in [3.8, 4) is 5.69 Å². The molecule has 9 nitrogen and oxygen atoms in total. The first-order valence-electron chi connectivity index (χ1n) is 8.34. The zero-order chi connectivity index (χ0) is 20.3. The van der Waals surface area contributed by atoms with Gasteiger partial charge in [-0.15, -0.1) is 0 Å². The highest BCUT2D eigenvalue weighted by molar-refractivity contribution is 6.04. The Morgan fingerprint density at radius 2 is 1.68 bits per heavy atom. The molecule has 3 rings (SSSR count). The molecule has 0 saturated carbocycles. The third kappa shape index (κ3) is 4.21. The van der Waals surface area contributed by atoms with Gasteiger partial charge in [0.25, 0.3) is 11.6 Å². The topological polar surface area (TPSA) is 119 Å². The molecule has 1 heterocycles. The molecule has 0 radical (unpaired) electrons. The van der Waals surface area contributed by atoms with E-state index < -0.39 is 4.92 Å². The molecule has 2 aromatic carbocycles. The van der Waals surface area contributed by atoms with Crippen LogP contribution >= 0.6 is 0 Å². The molecule has 0 aliphatic heterocycles. The van der Waals surface area contributed by atoms with Crippen LogP contribution in [0.1, 0.15) is 23.0 Å². The number of carbonyl (C=O) groups excluding carboxylic acids is 2. The van der Waals surface area contributed by atoms with Gasteiger partial charge in [0.1, 0.15) is 5.82 Å². The number of nitro groups is 1. The van der Waals surface area contributed by atoms with Gasteiger partial charge >= 0.3 is 0 Å². The minimum absolute atomic E-state index is 0.0301. The monoisotopic (exact) mass is 379 g/mol. The first-order chi connectivity index (χ1) is 13.3. The fourth-order valence-electron chi connectivity index (χ4n) is 2.60. The van der Waals surface area contributed by atoms with Crippen LogP contribution in [0.15, 0.2) is 54.6 Å². The van der Waals surface area contributed by atoms with E-state index in [9.17, 15) is 19.7 Å². The van der Waals surface area contributed by atoms with Gasteiger partial charge in [0, 0.05) is 36.4 Å². The highest BCUT2D eigenvalue weighted by Crippen LogP contribution is 2.21. The zero-order valence-electron chi connectivity index (χ0n) is 15.2. The maximum absolute atomic E-state index is 12.6. The lowest BCUT2D eigenvalue weighted by atomic mass is 10.2. The van der Waals surface area contributed by atoms with Gasteiger partial charge in [0.15, 0.2) is 0 Å².